The van der Waals surface area contributed by atoms with Crippen LogP contribution in [0.1, 0.15) is 22.8 Å². The minimum atomic E-state index is -0.193. The van der Waals surface area contributed by atoms with Gasteiger partial charge in [-0.2, -0.15) is 0 Å². The Morgan fingerprint density at radius 3 is 2.79 bits per heavy atom. The van der Waals surface area contributed by atoms with Crippen molar-refractivity contribution >= 4 is 34.4 Å². The third-order valence-corrected chi connectivity index (χ3v) is 3.17. The Kier molecular flexibility index (Phi) is 2.30. The minimum absolute atomic E-state index is 0.169. The lowest BCUT2D eigenvalue weighted by atomic mass is 10.1. The molecule has 0 aliphatic carbocycles. The molecule has 3 nitrogen and oxygen atoms in total. The zero-order valence-electron chi connectivity index (χ0n) is 7.58. The van der Waals surface area contributed by atoms with Gasteiger partial charge in [-0.25, -0.2) is 0 Å². The van der Waals surface area contributed by atoms with Crippen LogP contribution in [0.25, 0.3) is 0 Å². The molecule has 1 aromatic rings. The summed E-state index contributed by atoms with van der Waals surface area (Å²) in [6.45, 7) is 1.83. The van der Waals surface area contributed by atoms with E-state index in [4.69, 9.17) is 0 Å². The van der Waals surface area contributed by atoms with Crippen molar-refractivity contribution in [2.24, 2.45) is 0 Å². The second kappa shape index (κ2) is 3.34. The summed E-state index contributed by atoms with van der Waals surface area (Å²) in [5, 5.41) is 0. The highest BCUT2D eigenvalue weighted by Gasteiger charge is 2.31. The summed E-state index contributed by atoms with van der Waals surface area (Å²) in [6, 6.07) is 5.66. The standard InChI is InChI=1S/C10H8INO2/c1-6(13)12-5-7-3-2-4-8(11)9(7)10(12)14/h2-4H,5H2,1H3. The highest BCUT2D eigenvalue weighted by atomic mass is 127. The molecule has 0 radical (unpaired) electrons. The normalized spacial score (nSPS) is 14.4. The first-order valence-electron chi connectivity index (χ1n) is 4.21. The number of nitrogens with zero attached hydrogens (tertiary/aromatic N) is 1. The second-order valence-electron chi connectivity index (χ2n) is 3.18. The van der Waals surface area contributed by atoms with Crippen LogP contribution in [-0.2, 0) is 11.3 Å². The van der Waals surface area contributed by atoms with Crippen LogP contribution in [0.15, 0.2) is 18.2 Å². The predicted molar refractivity (Wildman–Crippen MR) is 59.7 cm³/mol. The zero-order chi connectivity index (χ0) is 10.3. The molecule has 4 heteroatoms. The third-order valence-electron chi connectivity index (χ3n) is 2.27. The first-order valence-corrected chi connectivity index (χ1v) is 5.29. The van der Waals surface area contributed by atoms with Gasteiger partial charge in [0, 0.05) is 10.5 Å². The Morgan fingerprint density at radius 2 is 2.21 bits per heavy atom. The van der Waals surface area contributed by atoms with Crippen LogP contribution < -0.4 is 0 Å². The van der Waals surface area contributed by atoms with E-state index < -0.39 is 0 Å². The zero-order valence-corrected chi connectivity index (χ0v) is 9.74. The van der Waals surface area contributed by atoms with Crippen LogP contribution in [0.4, 0.5) is 0 Å². The molecule has 0 aromatic heterocycles. The van der Waals surface area contributed by atoms with E-state index in [9.17, 15) is 9.59 Å². The van der Waals surface area contributed by atoms with E-state index in [1.54, 1.807) is 0 Å². The Hall–Kier alpha value is -0.910. The largest absolute Gasteiger partial charge is 0.275 e. The van der Waals surface area contributed by atoms with E-state index in [0.717, 1.165) is 9.13 Å². The molecule has 14 heavy (non-hydrogen) atoms. The van der Waals surface area contributed by atoms with E-state index in [1.165, 1.54) is 11.8 Å². The van der Waals surface area contributed by atoms with Gasteiger partial charge in [-0.1, -0.05) is 12.1 Å². The van der Waals surface area contributed by atoms with Gasteiger partial charge in [-0.3, -0.25) is 14.5 Å². The molecule has 0 atom stereocenters. The van der Waals surface area contributed by atoms with Crippen LogP contribution >= 0.6 is 22.6 Å². The van der Waals surface area contributed by atoms with E-state index in [0.29, 0.717) is 12.1 Å². The number of rotatable bonds is 0. The predicted octanol–water partition coefficient (Wildman–Crippen LogP) is 1.79. The van der Waals surface area contributed by atoms with Crippen molar-refractivity contribution in [2.45, 2.75) is 13.5 Å². The summed E-state index contributed by atoms with van der Waals surface area (Å²) in [4.78, 5) is 24.2. The number of fused-ring (bicyclic) bond motifs is 1. The molecule has 1 aliphatic heterocycles. The van der Waals surface area contributed by atoms with E-state index in [-0.39, 0.29) is 11.8 Å². The third kappa shape index (κ3) is 1.33. The van der Waals surface area contributed by atoms with Gasteiger partial charge in [0.1, 0.15) is 0 Å². The molecule has 1 heterocycles. The molecule has 0 unspecified atom stereocenters. The quantitative estimate of drug-likeness (QED) is 0.685. The lowest BCUT2D eigenvalue weighted by molar-refractivity contribution is -0.126. The second-order valence-corrected chi connectivity index (χ2v) is 4.35. The highest BCUT2D eigenvalue weighted by molar-refractivity contribution is 14.1. The van der Waals surface area contributed by atoms with Gasteiger partial charge >= 0.3 is 0 Å². The molecular weight excluding hydrogens is 293 g/mol. The van der Waals surface area contributed by atoms with Crippen LogP contribution in [0, 0.1) is 3.57 Å². The maximum Gasteiger partial charge on any atom is 0.262 e. The van der Waals surface area contributed by atoms with Gasteiger partial charge < -0.3 is 0 Å². The fraction of sp³-hybridized carbons (Fsp3) is 0.200. The summed E-state index contributed by atoms with van der Waals surface area (Å²) in [5.41, 5.74) is 1.63. The smallest absolute Gasteiger partial charge is 0.262 e. The molecule has 2 rings (SSSR count). The Morgan fingerprint density at radius 1 is 1.50 bits per heavy atom. The lowest BCUT2D eigenvalue weighted by Crippen LogP contribution is -2.28. The van der Waals surface area contributed by atoms with Crippen LogP contribution in [0.3, 0.4) is 0 Å². The number of imide groups is 1. The van der Waals surface area contributed by atoms with E-state index in [1.807, 2.05) is 18.2 Å². The number of carbonyl (C=O) groups excluding carboxylic acids is 2. The van der Waals surface area contributed by atoms with Gasteiger partial charge in [0.05, 0.1) is 12.1 Å². The van der Waals surface area contributed by atoms with Crippen LogP contribution in [0.5, 0.6) is 0 Å². The summed E-state index contributed by atoms with van der Waals surface area (Å²) >= 11 is 2.12. The molecular formula is C10H8INO2. The van der Waals surface area contributed by atoms with Crippen molar-refractivity contribution in [3.05, 3.63) is 32.9 Å². The molecule has 0 bridgehead atoms. The van der Waals surface area contributed by atoms with Crippen molar-refractivity contribution in [1.82, 2.24) is 4.90 Å². The van der Waals surface area contributed by atoms with Gasteiger partial charge in [0.2, 0.25) is 5.91 Å². The first kappa shape index (κ1) is 9.64. The maximum absolute atomic E-state index is 11.8. The van der Waals surface area contributed by atoms with Crippen molar-refractivity contribution in [3.63, 3.8) is 0 Å². The highest BCUT2D eigenvalue weighted by Crippen LogP contribution is 2.26. The van der Waals surface area contributed by atoms with E-state index in [2.05, 4.69) is 22.6 Å². The Labute approximate surface area is 95.2 Å². The van der Waals surface area contributed by atoms with Gasteiger partial charge in [0.15, 0.2) is 0 Å². The first-order chi connectivity index (χ1) is 6.61. The number of carbonyl (C=O) groups is 2. The van der Waals surface area contributed by atoms with Crippen molar-refractivity contribution < 1.29 is 9.59 Å². The molecule has 0 saturated carbocycles. The monoisotopic (exact) mass is 301 g/mol. The number of hydrogen-bond acceptors (Lipinski definition) is 2. The Balaban J connectivity index is 2.51. The van der Waals surface area contributed by atoms with E-state index >= 15 is 0 Å². The number of benzene rings is 1. The fourth-order valence-electron chi connectivity index (χ4n) is 1.57. The maximum atomic E-state index is 11.8. The molecule has 72 valence electrons. The summed E-state index contributed by atoms with van der Waals surface area (Å²) in [7, 11) is 0. The molecule has 0 spiro atoms. The van der Waals surface area contributed by atoms with Crippen LogP contribution in [0.2, 0.25) is 0 Å². The average molecular weight is 301 g/mol. The molecule has 0 N–H and O–H groups in total. The Bertz CT molecular complexity index is 428. The topological polar surface area (TPSA) is 37.4 Å². The van der Waals surface area contributed by atoms with Gasteiger partial charge in [-0.15, -0.1) is 0 Å². The molecule has 0 saturated heterocycles. The summed E-state index contributed by atoms with van der Waals surface area (Å²) < 4.78 is 0.911. The molecule has 0 fully saturated rings. The van der Waals surface area contributed by atoms with Crippen molar-refractivity contribution in [3.8, 4) is 0 Å². The fourth-order valence-corrected chi connectivity index (χ4v) is 2.36. The molecule has 2 amide bonds. The molecule has 1 aromatic carbocycles. The lowest BCUT2D eigenvalue weighted by Gasteiger charge is -2.09. The average Bonchev–Trinajstić information content (AvgIpc) is 2.45. The van der Waals surface area contributed by atoms with Gasteiger partial charge in [0.25, 0.3) is 5.91 Å². The summed E-state index contributed by atoms with van der Waals surface area (Å²) in [6.07, 6.45) is 0. The minimum Gasteiger partial charge on any atom is -0.275 e. The SMILES string of the molecule is CC(=O)N1Cc2cccc(I)c2C1=O. The van der Waals surface area contributed by atoms with Crippen molar-refractivity contribution in [2.75, 3.05) is 0 Å². The number of halogens is 1. The summed E-state index contributed by atoms with van der Waals surface area (Å²) in [5.74, 6) is -0.362. The van der Waals surface area contributed by atoms with Gasteiger partial charge in [-0.05, 0) is 34.2 Å². The molecule has 1 aliphatic rings. The number of amides is 2. The van der Waals surface area contributed by atoms with Crippen LogP contribution in [-0.4, -0.2) is 16.7 Å². The number of hydrogen-bond donors (Lipinski definition) is 0. The van der Waals surface area contributed by atoms with Crippen molar-refractivity contribution in [1.29, 1.82) is 0 Å².